The van der Waals surface area contributed by atoms with Gasteiger partial charge in [0.1, 0.15) is 0 Å². The van der Waals surface area contributed by atoms with Gasteiger partial charge in [-0.3, -0.25) is 9.78 Å². The van der Waals surface area contributed by atoms with Crippen LogP contribution in [0.15, 0.2) is 33.8 Å². The fraction of sp³-hybridized carbons (Fsp3) is 0.100. The third-order valence-corrected chi connectivity index (χ3v) is 3.71. The minimum Gasteiger partial charge on any atom is -0.374 e. The third-order valence-electron chi connectivity index (χ3n) is 1.82. The van der Waals surface area contributed by atoms with Crippen LogP contribution in [0, 0.1) is 0 Å². The highest BCUT2D eigenvalue weighted by Crippen LogP contribution is 2.22. The van der Waals surface area contributed by atoms with Gasteiger partial charge in [0.15, 0.2) is 4.34 Å². The number of nitrogens with zero attached hydrogens (tertiary/aromatic N) is 4. The Bertz CT molecular complexity index is 570. The second kappa shape index (κ2) is 6.81. The number of nitrogens with one attached hydrogen (secondary N) is 1. The van der Waals surface area contributed by atoms with Crippen LogP contribution < -0.4 is 11.2 Å². The molecule has 2 aromatic heterocycles. The summed E-state index contributed by atoms with van der Waals surface area (Å²) in [5.41, 5.74) is 8.51. The van der Waals surface area contributed by atoms with Crippen molar-refractivity contribution in [2.24, 2.45) is 5.10 Å². The van der Waals surface area contributed by atoms with Crippen molar-refractivity contribution >= 4 is 40.4 Å². The van der Waals surface area contributed by atoms with Crippen LogP contribution in [0.25, 0.3) is 0 Å². The summed E-state index contributed by atoms with van der Waals surface area (Å²) in [5.74, 6) is -0.0280. The summed E-state index contributed by atoms with van der Waals surface area (Å²) in [6.07, 6.45) is 3.13. The van der Waals surface area contributed by atoms with Crippen molar-refractivity contribution in [2.45, 2.75) is 4.34 Å². The molecular formula is C10H10N6OS2. The molecule has 1 amide bonds. The van der Waals surface area contributed by atoms with Gasteiger partial charge in [-0.15, -0.1) is 10.2 Å². The molecule has 0 saturated heterocycles. The fourth-order valence-electron chi connectivity index (χ4n) is 1.06. The number of nitrogen functional groups attached to an aromatic ring is 1. The topological polar surface area (TPSA) is 106 Å². The minimum atomic E-state index is -0.231. The molecule has 9 heteroatoms. The van der Waals surface area contributed by atoms with Crippen LogP contribution in [-0.2, 0) is 4.79 Å². The van der Waals surface area contributed by atoms with Crippen LogP contribution in [0.1, 0.15) is 5.69 Å². The molecule has 3 N–H and O–H groups in total. The summed E-state index contributed by atoms with van der Waals surface area (Å²) in [5, 5.41) is 11.6. The Morgan fingerprint density at radius 1 is 1.53 bits per heavy atom. The Labute approximate surface area is 117 Å². The standard InChI is InChI=1S/C10H10N6OS2/c11-9-15-16-10(19-9)18-6-8(17)14-13-5-7-3-1-2-4-12-7/h1-5H,6H2,(H2,11,15)(H,14,17). The first-order valence-corrected chi connectivity index (χ1v) is 6.99. The summed E-state index contributed by atoms with van der Waals surface area (Å²) >= 11 is 2.50. The Balaban J connectivity index is 1.74. The van der Waals surface area contributed by atoms with Gasteiger partial charge in [-0.05, 0) is 12.1 Å². The van der Waals surface area contributed by atoms with Gasteiger partial charge in [-0.1, -0.05) is 29.2 Å². The monoisotopic (exact) mass is 294 g/mol. The molecule has 0 aliphatic rings. The number of amides is 1. The van der Waals surface area contributed by atoms with E-state index in [0.29, 0.717) is 15.2 Å². The van der Waals surface area contributed by atoms with Crippen molar-refractivity contribution in [3.63, 3.8) is 0 Å². The van der Waals surface area contributed by atoms with E-state index in [1.165, 1.54) is 29.3 Å². The quantitative estimate of drug-likeness (QED) is 0.479. The minimum absolute atomic E-state index is 0.203. The second-order valence-electron chi connectivity index (χ2n) is 3.24. The summed E-state index contributed by atoms with van der Waals surface area (Å²) in [4.78, 5) is 15.5. The van der Waals surface area contributed by atoms with E-state index in [1.807, 2.05) is 6.07 Å². The van der Waals surface area contributed by atoms with Gasteiger partial charge >= 0.3 is 0 Å². The number of rotatable bonds is 5. The smallest absolute Gasteiger partial charge is 0.250 e. The molecule has 0 bridgehead atoms. The maximum atomic E-state index is 11.5. The maximum Gasteiger partial charge on any atom is 0.250 e. The van der Waals surface area contributed by atoms with E-state index in [1.54, 1.807) is 18.3 Å². The zero-order valence-electron chi connectivity index (χ0n) is 9.68. The molecule has 19 heavy (non-hydrogen) atoms. The number of nitrogens with two attached hydrogens (primary N) is 1. The second-order valence-corrected chi connectivity index (χ2v) is 5.47. The molecule has 0 aromatic carbocycles. The van der Waals surface area contributed by atoms with E-state index >= 15 is 0 Å². The van der Waals surface area contributed by atoms with Crippen molar-refractivity contribution < 1.29 is 4.79 Å². The van der Waals surface area contributed by atoms with E-state index in [-0.39, 0.29) is 11.7 Å². The molecule has 0 fully saturated rings. The number of hydrazone groups is 1. The third kappa shape index (κ3) is 4.64. The van der Waals surface area contributed by atoms with E-state index in [0.717, 1.165) is 0 Å². The van der Waals surface area contributed by atoms with E-state index in [4.69, 9.17) is 5.73 Å². The van der Waals surface area contributed by atoms with Crippen LogP contribution >= 0.6 is 23.1 Å². The number of hydrogen-bond acceptors (Lipinski definition) is 8. The summed E-state index contributed by atoms with van der Waals surface area (Å²) in [6.45, 7) is 0. The van der Waals surface area contributed by atoms with Gasteiger partial charge in [-0.2, -0.15) is 5.10 Å². The van der Waals surface area contributed by atoms with Gasteiger partial charge in [-0.25, -0.2) is 5.43 Å². The lowest BCUT2D eigenvalue weighted by Gasteiger charge is -1.96. The molecule has 0 aliphatic carbocycles. The molecule has 0 spiro atoms. The summed E-state index contributed by atoms with van der Waals surface area (Å²) in [6, 6.07) is 5.43. The normalized spacial score (nSPS) is 10.7. The highest BCUT2D eigenvalue weighted by atomic mass is 32.2. The molecular weight excluding hydrogens is 284 g/mol. The summed E-state index contributed by atoms with van der Waals surface area (Å²) in [7, 11) is 0. The number of carbonyl (C=O) groups excluding carboxylic acids is 1. The number of thioether (sulfide) groups is 1. The Morgan fingerprint density at radius 2 is 2.42 bits per heavy atom. The molecule has 0 saturated carbocycles. The molecule has 2 heterocycles. The van der Waals surface area contributed by atoms with Crippen LogP contribution in [-0.4, -0.2) is 33.1 Å². The van der Waals surface area contributed by atoms with Crippen molar-refractivity contribution in [1.82, 2.24) is 20.6 Å². The van der Waals surface area contributed by atoms with Gasteiger partial charge in [0.2, 0.25) is 5.13 Å². The first kappa shape index (κ1) is 13.4. The molecule has 0 unspecified atom stereocenters. The Hall–Kier alpha value is -2.00. The number of aromatic nitrogens is 3. The van der Waals surface area contributed by atoms with Crippen molar-refractivity contribution in [3.05, 3.63) is 30.1 Å². The lowest BCUT2D eigenvalue weighted by molar-refractivity contribution is -0.118. The van der Waals surface area contributed by atoms with Crippen LogP contribution in [0.2, 0.25) is 0 Å². The van der Waals surface area contributed by atoms with Crippen molar-refractivity contribution in [2.75, 3.05) is 11.5 Å². The average molecular weight is 294 g/mol. The maximum absolute atomic E-state index is 11.5. The number of anilines is 1. The van der Waals surface area contributed by atoms with E-state index < -0.39 is 0 Å². The van der Waals surface area contributed by atoms with Gasteiger partial charge in [0, 0.05) is 6.20 Å². The van der Waals surface area contributed by atoms with Crippen LogP contribution in [0.4, 0.5) is 5.13 Å². The SMILES string of the molecule is Nc1nnc(SCC(=O)NN=Cc2ccccn2)s1. The molecule has 2 aromatic rings. The van der Waals surface area contributed by atoms with Crippen molar-refractivity contribution in [1.29, 1.82) is 0 Å². The van der Waals surface area contributed by atoms with E-state index in [9.17, 15) is 4.79 Å². The van der Waals surface area contributed by atoms with Crippen molar-refractivity contribution in [3.8, 4) is 0 Å². The molecule has 0 radical (unpaired) electrons. The van der Waals surface area contributed by atoms with Crippen LogP contribution in [0.3, 0.4) is 0 Å². The molecule has 0 aliphatic heterocycles. The molecule has 7 nitrogen and oxygen atoms in total. The molecule has 2 rings (SSSR count). The number of carbonyl (C=O) groups is 1. The Morgan fingerprint density at radius 3 is 3.11 bits per heavy atom. The van der Waals surface area contributed by atoms with Crippen LogP contribution in [0.5, 0.6) is 0 Å². The highest BCUT2D eigenvalue weighted by Gasteiger charge is 2.05. The van der Waals surface area contributed by atoms with Gasteiger partial charge in [0.25, 0.3) is 5.91 Å². The lowest BCUT2D eigenvalue weighted by atomic mass is 10.4. The zero-order chi connectivity index (χ0) is 13.5. The van der Waals surface area contributed by atoms with Gasteiger partial charge < -0.3 is 5.73 Å². The Kier molecular flexibility index (Phi) is 4.81. The molecule has 98 valence electrons. The summed E-state index contributed by atoms with van der Waals surface area (Å²) < 4.78 is 0.654. The highest BCUT2D eigenvalue weighted by molar-refractivity contribution is 8.01. The average Bonchev–Trinajstić information content (AvgIpc) is 2.83. The largest absolute Gasteiger partial charge is 0.374 e. The first-order chi connectivity index (χ1) is 9.24. The first-order valence-electron chi connectivity index (χ1n) is 5.19. The fourth-order valence-corrected chi connectivity index (χ4v) is 2.49. The molecule has 0 atom stereocenters. The van der Waals surface area contributed by atoms with Gasteiger partial charge in [0.05, 0.1) is 17.7 Å². The number of hydrogen-bond donors (Lipinski definition) is 2. The van der Waals surface area contributed by atoms with E-state index in [2.05, 4.69) is 25.7 Å². The predicted octanol–water partition coefficient (Wildman–Crippen LogP) is 0.758. The lowest BCUT2D eigenvalue weighted by Crippen LogP contribution is -2.19. The predicted molar refractivity (Wildman–Crippen MR) is 75.0 cm³/mol. The number of pyridine rings is 1. The zero-order valence-corrected chi connectivity index (χ0v) is 11.3.